The van der Waals surface area contributed by atoms with Gasteiger partial charge in [-0.15, -0.1) is 0 Å². The number of rotatable bonds is 5. The van der Waals surface area contributed by atoms with Crippen molar-refractivity contribution in [3.8, 4) is 0 Å². The van der Waals surface area contributed by atoms with Crippen molar-refractivity contribution in [2.45, 2.75) is 24.2 Å². The van der Waals surface area contributed by atoms with Crippen LogP contribution in [0.5, 0.6) is 0 Å². The van der Waals surface area contributed by atoms with Crippen LogP contribution in [-0.4, -0.2) is 35.4 Å². The molecular formula is C16H18BrClN4O2. The maximum absolute atomic E-state index is 12.6. The van der Waals surface area contributed by atoms with Gasteiger partial charge >= 0.3 is 0 Å². The number of halogens is 2. The Bertz CT molecular complexity index is 686. The summed E-state index contributed by atoms with van der Waals surface area (Å²) in [6.45, 7) is 1.31. The highest BCUT2D eigenvalue weighted by molar-refractivity contribution is 9.08. The Morgan fingerprint density at radius 1 is 1.38 bits per heavy atom. The van der Waals surface area contributed by atoms with E-state index in [2.05, 4.69) is 31.6 Å². The van der Waals surface area contributed by atoms with Gasteiger partial charge in [0, 0.05) is 24.1 Å². The predicted octanol–water partition coefficient (Wildman–Crippen LogP) is 3.29. The molecule has 0 radical (unpaired) electrons. The van der Waals surface area contributed by atoms with Gasteiger partial charge in [0.2, 0.25) is 0 Å². The highest BCUT2D eigenvalue weighted by Gasteiger charge is 2.26. The molecule has 1 fully saturated rings. The monoisotopic (exact) mass is 412 g/mol. The van der Waals surface area contributed by atoms with Crippen molar-refractivity contribution in [2.24, 2.45) is 0 Å². The Kier molecular flexibility index (Phi) is 5.76. The van der Waals surface area contributed by atoms with Gasteiger partial charge in [-0.1, -0.05) is 39.7 Å². The van der Waals surface area contributed by atoms with E-state index in [9.17, 15) is 4.79 Å². The summed E-state index contributed by atoms with van der Waals surface area (Å²) in [5, 5.41) is 9.82. The largest absolute Gasteiger partial charge is 0.381 e. The Morgan fingerprint density at radius 3 is 2.67 bits per heavy atom. The topological polar surface area (TPSA) is 70.2 Å². The number of nitrogens with zero attached hydrogens (tertiary/aromatic N) is 2. The SMILES string of the molecule is O=C(NN(c1[nH]ncc1Cl)C1CCOCC1)c1ccc(CBr)cc1. The lowest BCUT2D eigenvalue weighted by molar-refractivity contribution is 0.0775. The maximum atomic E-state index is 12.6. The van der Waals surface area contributed by atoms with Gasteiger partial charge in [-0.2, -0.15) is 5.10 Å². The molecule has 6 nitrogen and oxygen atoms in total. The molecule has 3 rings (SSSR count). The summed E-state index contributed by atoms with van der Waals surface area (Å²) in [7, 11) is 0. The summed E-state index contributed by atoms with van der Waals surface area (Å²) in [5.41, 5.74) is 4.66. The first-order chi connectivity index (χ1) is 11.7. The van der Waals surface area contributed by atoms with E-state index in [1.165, 1.54) is 6.20 Å². The average Bonchev–Trinajstić information content (AvgIpc) is 3.06. The number of nitrogens with one attached hydrogen (secondary N) is 2. The molecule has 2 N–H and O–H groups in total. The van der Waals surface area contributed by atoms with Crippen LogP contribution in [0, 0.1) is 0 Å². The fourth-order valence-electron chi connectivity index (χ4n) is 2.63. The van der Waals surface area contributed by atoms with Crippen LogP contribution >= 0.6 is 27.5 Å². The van der Waals surface area contributed by atoms with Gasteiger partial charge in [0.1, 0.15) is 5.02 Å². The average molecular weight is 414 g/mol. The molecule has 2 aromatic rings. The standard InChI is InChI=1S/C16H18BrClN4O2/c17-9-11-1-3-12(4-2-11)16(23)21-22(13-5-7-24-8-6-13)15-14(18)10-19-20-15/h1-4,10,13H,5-9H2,(H,19,20)(H,21,23). The van der Waals surface area contributed by atoms with Crippen LogP contribution < -0.4 is 10.4 Å². The van der Waals surface area contributed by atoms with Crippen molar-refractivity contribution >= 4 is 39.3 Å². The molecule has 1 aliphatic rings. The van der Waals surface area contributed by atoms with Crippen molar-refractivity contribution in [1.82, 2.24) is 15.6 Å². The minimum atomic E-state index is -0.187. The molecule has 0 saturated carbocycles. The molecule has 0 spiro atoms. The number of H-pyrrole nitrogens is 1. The molecule has 1 aromatic heterocycles. The Balaban J connectivity index is 1.80. The summed E-state index contributed by atoms with van der Waals surface area (Å²) in [5.74, 6) is 0.405. The summed E-state index contributed by atoms with van der Waals surface area (Å²) in [6.07, 6.45) is 3.14. The van der Waals surface area contributed by atoms with Crippen molar-refractivity contribution in [3.05, 3.63) is 46.6 Å². The van der Waals surface area contributed by atoms with Crippen molar-refractivity contribution in [2.75, 3.05) is 18.2 Å². The van der Waals surface area contributed by atoms with E-state index < -0.39 is 0 Å². The number of hydrogen-bond acceptors (Lipinski definition) is 4. The van der Waals surface area contributed by atoms with Crippen LogP contribution in [0.25, 0.3) is 0 Å². The quantitative estimate of drug-likeness (QED) is 0.583. The Hall–Kier alpha value is -1.57. The molecule has 1 saturated heterocycles. The maximum Gasteiger partial charge on any atom is 0.269 e. The second-order valence-electron chi connectivity index (χ2n) is 5.55. The molecule has 2 heterocycles. The molecule has 1 amide bonds. The molecule has 0 bridgehead atoms. The number of aromatic nitrogens is 2. The van der Waals surface area contributed by atoms with E-state index in [0.29, 0.717) is 29.6 Å². The number of benzene rings is 1. The van der Waals surface area contributed by atoms with Gasteiger partial charge < -0.3 is 4.74 Å². The lowest BCUT2D eigenvalue weighted by Gasteiger charge is -2.34. The number of ether oxygens (including phenoxy) is 1. The number of anilines is 1. The Morgan fingerprint density at radius 2 is 2.08 bits per heavy atom. The van der Waals surface area contributed by atoms with Crippen LogP contribution in [0.4, 0.5) is 5.82 Å². The fraction of sp³-hybridized carbons (Fsp3) is 0.375. The molecule has 0 atom stereocenters. The fourth-order valence-corrected chi connectivity index (χ4v) is 3.18. The van der Waals surface area contributed by atoms with E-state index in [0.717, 1.165) is 23.7 Å². The highest BCUT2D eigenvalue weighted by atomic mass is 79.9. The van der Waals surface area contributed by atoms with Crippen LogP contribution in [0.1, 0.15) is 28.8 Å². The first-order valence-corrected chi connectivity index (χ1v) is 9.20. The van der Waals surface area contributed by atoms with Gasteiger partial charge in [-0.3, -0.25) is 20.3 Å². The number of carbonyl (C=O) groups excluding carboxylic acids is 1. The zero-order valence-electron chi connectivity index (χ0n) is 13.0. The lowest BCUT2D eigenvalue weighted by atomic mass is 10.1. The molecule has 128 valence electrons. The molecule has 1 aliphatic heterocycles. The van der Waals surface area contributed by atoms with Crippen molar-refractivity contribution in [1.29, 1.82) is 0 Å². The zero-order valence-corrected chi connectivity index (χ0v) is 15.3. The van der Waals surface area contributed by atoms with E-state index >= 15 is 0 Å². The number of hydrogen-bond donors (Lipinski definition) is 2. The molecule has 1 aromatic carbocycles. The van der Waals surface area contributed by atoms with Crippen LogP contribution in [0.3, 0.4) is 0 Å². The van der Waals surface area contributed by atoms with Gasteiger partial charge in [-0.25, -0.2) is 0 Å². The van der Waals surface area contributed by atoms with Gasteiger partial charge in [0.25, 0.3) is 5.91 Å². The number of carbonyl (C=O) groups is 1. The molecule has 24 heavy (non-hydrogen) atoms. The summed E-state index contributed by atoms with van der Waals surface area (Å²) >= 11 is 9.60. The third-order valence-corrected chi connectivity index (χ3v) is 4.89. The predicted molar refractivity (Wildman–Crippen MR) is 96.5 cm³/mol. The van der Waals surface area contributed by atoms with E-state index in [4.69, 9.17) is 16.3 Å². The summed E-state index contributed by atoms with van der Waals surface area (Å²) < 4.78 is 5.41. The van der Waals surface area contributed by atoms with Crippen LogP contribution in [0.15, 0.2) is 30.5 Å². The van der Waals surface area contributed by atoms with Crippen LogP contribution in [-0.2, 0) is 10.1 Å². The highest BCUT2D eigenvalue weighted by Crippen LogP contribution is 2.26. The van der Waals surface area contributed by atoms with E-state index in [1.807, 2.05) is 24.3 Å². The summed E-state index contributed by atoms with van der Waals surface area (Å²) in [6, 6.07) is 7.56. The first-order valence-electron chi connectivity index (χ1n) is 7.71. The lowest BCUT2D eigenvalue weighted by Crippen LogP contribution is -2.51. The Labute approximate surface area is 153 Å². The number of hydrazine groups is 1. The normalized spacial score (nSPS) is 15.2. The third-order valence-electron chi connectivity index (χ3n) is 3.96. The van der Waals surface area contributed by atoms with Gasteiger partial charge in [0.05, 0.1) is 12.2 Å². The number of aromatic amines is 1. The second kappa shape index (κ2) is 8.00. The van der Waals surface area contributed by atoms with Gasteiger partial charge in [-0.05, 0) is 30.5 Å². The molecule has 0 unspecified atom stereocenters. The molecule has 0 aliphatic carbocycles. The van der Waals surface area contributed by atoms with Crippen LogP contribution in [0.2, 0.25) is 5.02 Å². The smallest absolute Gasteiger partial charge is 0.269 e. The van der Waals surface area contributed by atoms with Gasteiger partial charge in [0.15, 0.2) is 5.82 Å². The van der Waals surface area contributed by atoms with E-state index in [1.54, 1.807) is 5.01 Å². The van der Waals surface area contributed by atoms with Crippen molar-refractivity contribution in [3.63, 3.8) is 0 Å². The minimum Gasteiger partial charge on any atom is -0.381 e. The number of alkyl halides is 1. The van der Waals surface area contributed by atoms with E-state index in [-0.39, 0.29) is 11.9 Å². The van der Waals surface area contributed by atoms with Crippen molar-refractivity contribution < 1.29 is 9.53 Å². The zero-order chi connectivity index (χ0) is 16.9. The molecule has 8 heteroatoms. The number of amides is 1. The second-order valence-corrected chi connectivity index (χ2v) is 6.52. The molecular weight excluding hydrogens is 396 g/mol. The first kappa shape index (κ1) is 17.3. The summed E-state index contributed by atoms with van der Waals surface area (Å²) in [4.78, 5) is 12.6. The minimum absolute atomic E-state index is 0.0995. The third kappa shape index (κ3) is 3.91.